The normalized spacial score (nSPS) is 14.8. The number of anilines is 2. The molecule has 26 heavy (non-hydrogen) atoms. The number of aromatic nitrogens is 1. The summed E-state index contributed by atoms with van der Waals surface area (Å²) in [4.78, 5) is 21.1. The number of halogens is 1. The zero-order valence-corrected chi connectivity index (χ0v) is 17.1. The predicted octanol–water partition coefficient (Wildman–Crippen LogP) is 4.06. The molecule has 0 saturated carbocycles. The summed E-state index contributed by atoms with van der Waals surface area (Å²) in [5, 5.41) is 5.66. The fourth-order valence-corrected chi connectivity index (χ4v) is 4.06. The van der Waals surface area contributed by atoms with Gasteiger partial charge in [0.15, 0.2) is 0 Å². The lowest BCUT2D eigenvalue weighted by atomic mass is 10.1. The van der Waals surface area contributed by atoms with E-state index in [1.54, 1.807) is 11.3 Å². The van der Waals surface area contributed by atoms with Crippen LogP contribution in [0.15, 0.2) is 17.2 Å². The summed E-state index contributed by atoms with van der Waals surface area (Å²) < 4.78 is 1.07. The summed E-state index contributed by atoms with van der Waals surface area (Å²) >= 11 is 8.07. The Labute approximate surface area is 162 Å². The SMILES string of the molecule is CC(C)=NNc1nc2c(N3CCN(C(=O)C(C)C)CC3)c(Cl)ccc2s1. The lowest BCUT2D eigenvalue weighted by Gasteiger charge is -2.37. The first-order valence-electron chi connectivity index (χ1n) is 8.76. The van der Waals surface area contributed by atoms with Crippen molar-refractivity contribution in [2.75, 3.05) is 36.5 Å². The van der Waals surface area contributed by atoms with E-state index >= 15 is 0 Å². The Bertz CT molecular complexity index is 835. The van der Waals surface area contributed by atoms with Crippen molar-refractivity contribution < 1.29 is 4.79 Å². The van der Waals surface area contributed by atoms with Crippen LogP contribution in [0.2, 0.25) is 5.02 Å². The van der Waals surface area contributed by atoms with Crippen LogP contribution in [0.3, 0.4) is 0 Å². The van der Waals surface area contributed by atoms with Crippen molar-refractivity contribution in [3.8, 4) is 0 Å². The van der Waals surface area contributed by atoms with Crippen molar-refractivity contribution in [2.24, 2.45) is 11.0 Å². The van der Waals surface area contributed by atoms with Crippen LogP contribution in [0, 0.1) is 5.92 Å². The van der Waals surface area contributed by atoms with Crippen LogP contribution in [-0.4, -0.2) is 47.7 Å². The summed E-state index contributed by atoms with van der Waals surface area (Å²) in [5.74, 6) is 0.241. The second-order valence-corrected chi connectivity index (χ2v) is 8.34. The molecule has 2 aromatic rings. The van der Waals surface area contributed by atoms with E-state index in [9.17, 15) is 4.79 Å². The highest BCUT2D eigenvalue weighted by Crippen LogP contribution is 2.38. The van der Waals surface area contributed by atoms with Crippen molar-refractivity contribution in [3.63, 3.8) is 0 Å². The van der Waals surface area contributed by atoms with E-state index in [0.717, 1.165) is 39.8 Å². The lowest BCUT2D eigenvalue weighted by molar-refractivity contribution is -0.134. The predicted molar refractivity (Wildman–Crippen MR) is 111 cm³/mol. The highest BCUT2D eigenvalue weighted by molar-refractivity contribution is 7.22. The molecular formula is C18H24ClN5OS. The summed E-state index contributed by atoms with van der Waals surface area (Å²) in [5.41, 5.74) is 5.77. The summed E-state index contributed by atoms with van der Waals surface area (Å²) in [6, 6.07) is 3.91. The van der Waals surface area contributed by atoms with Gasteiger partial charge in [-0.2, -0.15) is 5.10 Å². The molecule has 0 bridgehead atoms. The van der Waals surface area contributed by atoms with Crippen LogP contribution in [-0.2, 0) is 4.79 Å². The zero-order chi connectivity index (χ0) is 18.8. The minimum absolute atomic E-state index is 0.0309. The largest absolute Gasteiger partial charge is 0.365 e. The molecule has 0 atom stereocenters. The fourth-order valence-electron chi connectivity index (χ4n) is 2.98. The zero-order valence-electron chi connectivity index (χ0n) is 15.5. The molecule has 0 aliphatic carbocycles. The molecule has 2 heterocycles. The van der Waals surface area contributed by atoms with Crippen LogP contribution in [0.25, 0.3) is 10.2 Å². The number of hydrogen-bond acceptors (Lipinski definition) is 6. The lowest BCUT2D eigenvalue weighted by Crippen LogP contribution is -2.50. The Kier molecular flexibility index (Phi) is 5.67. The standard InChI is InChI=1S/C18H24ClN5OS/c1-11(2)17(25)24-9-7-23(8-10-24)16-13(19)5-6-14-15(16)20-18(26-14)22-21-12(3)4/h5-6,11H,7-10H2,1-4H3,(H,20,22). The van der Waals surface area contributed by atoms with Gasteiger partial charge in [-0.3, -0.25) is 10.2 Å². The second-order valence-electron chi connectivity index (χ2n) is 6.90. The average molecular weight is 394 g/mol. The minimum Gasteiger partial charge on any atom is -0.365 e. The first-order valence-corrected chi connectivity index (χ1v) is 9.96. The van der Waals surface area contributed by atoms with Crippen LogP contribution < -0.4 is 10.3 Å². The fraction of sp³-hybridized carbons (Fsp3) is 0.500. The quantitative estimate of drug-likeness (QED) is 0.628. The number of carbonyl (C=O) groups excluding carboxylic acids is 1. The maximum absolute atomic E-state index is 12.2. The van der Waals surface area contributed by atoms with Crippen LogP contribution in [0.4, 0.5) is 10.8 Å². The van der Waals surface area contributed by atoms with Gasteiger partial charge in [0.25, 0.3) is 0 Å². The summed E-state index contributed by atoms with van der Waals surface area (Å²) in [6.45, 7) is 10.7. The highest BCUT2D eigenvalue weighted by Gasteiger charge is 2.25. The molecule has 1 aromatic carbocycles. The molecule has 8 heteroatoms. The van der Waals surface area contributed by atoms with Gasteiger partial charge in [0.1, 0.15) is 5.52 Å². The Morgan fingerprint density at radius 3 is 2.58 bits per heavy atom. The Hall–Kier alpha value is -1.86. The number of benzene rings is 1. The molecule has 1 aromatic heterocycles. The second kappa shape index (κ2) is 7.80. The molecule has 1 amide bonds. The van der Waals surface area contributed by atoms with E-state index in [0.29, 0.717) is 18.1 Å². The molecule has 0 radical (unpaired) electrons. The third-order valence-corrected chi connectivity index (χ3v) is 5.49. The molecule has 140 valence electrons. The Morgan fingerprint density at radius 1 is 1.27 bits per heavy atom. The van der Waals surface area contributed by atoms with E-state index in [4.69, 9.17) is 16.6 Å². The number of nitrogens with one attached hydrogen (secondary N) is 1. The van der Waals surface area contributed by atoms with E-state index in [1.165, 1.54) is 0 Å². The molecule has 1 fully saturated rings. The maximum Gasteiger partial charge on any atom is 0.225 e. The monoisotopic (exact) mass is 393 g/mol. The number of hydrogen-bond donors (Lipinski definition) is 1. The van der Waals surface area contributed by atoms with Crippen molar-refractivity contribution in [3.05, 3.63) is 17.2 Å². The van der Waals surface area contributed by atoms with Crippen LogP contribution >= 0.6 is 22.9 Å². The molecule has 1 N–H and O–H groups in total. The molecule has 1 aliphatic rings. The topological polar surface area (TPSA) is 60.8 Å². The highest BCUT2D eigenvalue weighted by atomic mass is 35.5. The number of fused-ring (bicyclic) bond motifs is 1. The van der Waals surface area contributed by atoms with Gasteiger partial charge >= 0.3 is 0 Å². The number of rotatable bonds is 4. The molecule has 0 unspecified atom stereocenters. The van der Waals surface area contributed by atoms with Crippen LogP contribution in [0.5, 0.6) is 0 Å². The Morgan fingerprint density at radius 2 is 1.96 bits per heavy atom. The summed E-state index contributed by atoms with van der Waals surface area (Å²) in [6.07, 6.45) is 0. The number of thiazole rings is 1. The maximum atomic E-state index is 12.2. The minimum atomic E-state index is 0.0309. The average Bonchev–Trinajstić information content (AvgIpc) is 3.02. The van der Waals surface area contributed by atoms with Crippen molar-refractivity contribution in [1.82, 2.24) is 9.88 Å². The van der Waals surface area contributed by atoms with Gasteiger partial charge in [0.2, 0.25) is 11.0 Å². The van der Waals surface area contributed by atoms with Gasteiger partial charge in [-0.05, 0) is 26.0 Å². The van der Waals surface area contributed by atoms with Gasteiger partial charge in [-0.15, -0.1) is 0 Å². The number of hydrazone groups is 1. The third kappa shape index (κ3) is 3.94. The number of nitrogens with zero attached hydrogens (tertiary/aromatic N) is 4. The smallest absolute Gasteiger partial charge is 0.225 e. The van der Waals surface area contributed by atoms with E-state index < -0.39 is 0 Å². The van der Waals surface area contributed by atoms with E-state index in [-0.39, 0.29) is 11.8 Å². The first kappa shape index (κ1) is 18.9. The third-order valence-electron chi connectivity index (χ3n) is 4.26. The first-order chi connectivity index (χ1) is 12.4. The molecule has 6 nitrogen and oxygen atoms in total. The van der Waals surface area contributed by atoms with E-state index in [1.807, 2.05) is 44.7 Å². The van der Waals surface area contributed by atoms with E-state index in [2.05, 4.69) is 15.4 Å². The molecular weight excluding hydrogens is 370 g/mol. The number of piperazine rings is 1. The van der Waals surface area contributed by atoms with Gasteiger partial charge < -0.3 is 9.80 Å². The molecule has 1 saturated heterocycles. The Balaban J connectivity index is 1.84. The van der Waals surface area contributed by atoms with Gasteiger partial charge in [-0.25, -0.2) is 4.98 Å². The van der Waals surface area contributed by atoms with Gasteiger partial charge in [0.05, 0.1) is 15.4 Å². The summed E-state index contributed by atoms with van der Waals surface area (Å²) in [7, 11) is 0. The number of amides is 1. The molecule has 0 spiro atoms. The van der Waals surface area contributed by atoms with Crippen molar-refractivity contribution in [1.29, 1.82) is 0 Å². The van der Waals surface area contributed by atoms with Gasteiger partial charge in [0, 0.05) is 37.8 Å². The number of carbonyl (C=O) groups is 1. The molecule has 3 rings (SSSR count). The van der Waals surface area contributed by atoms with Crippen molar-refractivity contribution >= 4 is 55.6 Å². The molecule has 1 aliphatic heterocycles. The van der Waals surface area contributed by atoms with Crippen LogP contribution in [0.1, 0.15) is 27.7 Å². The van der Waals surface area contributed by atoms with Gasteiger partial charge in [-0.1, -0.05) is 36.8 Å². The van der Waals surface area contributed by atoms with Crippen molar-refractivity contribution in [2.45, 2.75) is 27.7 Å².